The van der Waals surface area contributed by atoms with E-state index in [0.717, 1.165) is 35.4 Å². The molecule has 3 aliphatic rings. The van der Waals surface area contributed by atoms with Crippen LogP contribution in [0.2, 0.25) is 0 Å². The van der Waals surface area contributed by atoms with Crippen molar-refractivity contribution in [2.45, 2.75) is 102 Å². The molecule has 16 nitrogen and oxygen atoms in total. The molecule has 63 heavy (non-hydrogen) atoms. The Labute approximate surface area is 369 Å². The number of anilines is 3. The minimum atomic E-state index is -0.817. The molecule has 0 spiro atoms. The maximum absolute atomic E-state index is 13.6. The number of ether oxygens (including phenoxy) is 3. The molecule has 6 rings (SSSR count). The number of carbonyl (C=O) groups excluding carboxylic acids is 6. The molecule has 2 unspecified atom stereocenters. The van der Waals surface area contributed by atoms with Crippen molar-refractivity contribution in [3.63, 3.8) is 0 Å². The van der Waals surface area contributed by atoms with Gasteiger partial charge < -0.3 is 50.2 Å². The van der Waals surface area contributed by atoms with E-state index in [9.17, 15) is 28.8 Å². The van der Waals surface area contributed by atoms with Gasteiger partial charge in [0.25, 0.3) is 0 Å². The Morgan fingerprint density at radius 2 is 0.952 bits per heavy atom. The van der Waals surface area contributed by atoms with Crippen LogP contribution in [0.4, 0.5) is 26.7 Å². The molecule has 0 bridgehead atoms. The Balaban J connectivity index is 1.14. The molecular formula is C47H61N7O9. The predicted molar refractivity (Wildman–Crippen MR) is 238 cm³/mol. The van der Waals surface area contributed by atoms with Crippen molar-refractivity contribution < 1.29 is 43.0 Å². The summed E-state index contributed by atoms with van der Waals surface area (Å²) in [4.78, 5) is 83.8. The summed E-state index contributed by atoms with van der Waals surface area (Å²) in [5, 5.41) is 11.3. The first-order chi connectivity index (χ1) is 30.2. The van der Waals surface area contributed by atoms with Crippen LogP contribution >= 0.6 is 0 Å². The normalized spacial score (nSPS) is 20.6. The van der Waals surface area contributed by atoms with Gasteiger partial charge in [-0.3, -0.25) is 19.2 Å². The highest BCUT2D eigenvalue weighted by atomic mass is 16.5. The maximum atomic E-state index is 13.6. The molecule has 0 radical (unpaired) electrons. The van der Waals surface area contributed by atoms with Crippen molar-refractivity contribution in [1.82, 2.24) is 20.4 Å². The lowest BCUT2D eigenvalue weighted by Gasteiger charge is -2.33. The average Bonchev–Trinajstić information content (AvgIpc) is 4.08. The minimum absolute atomic E-state index is 0.0000255. The molecule has 3 saturated heterocycles. The highest BCUT2D eigenvalue weighted by Gasteiger charge is 2.41. The van der Waals surface area contributed by atoms with Crippen molar-refractivity contribution in [3.05, 3.63) is 83.9 Å². The standard InChI is InChI=1S/C47H61N7O9/c1-28(2)40(50-46(59)62-6)44(57)52-26-8-10-38(52)42(55)48-32-16-12-30(13-17-32)36-24-25-37(54(36)34-20-22-35(61-5)23-21-34)31-14-18-33(19-15-31)49-43(56)39-11-9-27-53(39)45(58)41(29(3)4)51-47(60)63-7/h12-23,28-29,36-41H,8-11,24-27H2,1-7H3,(H,48,55)(H,49,56)(H,50,59)(H,51,60)/t36?,37?,38-,39-,40-,41-/m0/s1. The van der Waals surface area contributed by atoms with Gasteiger partial charge in [-0.05, 0) is 110 Å². The first-order valence-electron chi connectivity index (χ1n) is 21.8. The summed E-state index contributed by atoms with van der Waals surface area (Å²) in [5.41, 5.74) is 4.37. The number of amides is 6. The number of benzene rings is 3. The number of rotatable bonds is 14. The zero-order chi connectivity index (χ0) is 45.4. The average molecular weight is 868 g/mol. The van der Waals surface area contributed by atoms with Crippen LogP contribution in [0.5, 0.6) is 5.75 Å². The van der Waals surface area contributed by atoms with Crippen LogP contribution in [0.3, 0.4) is 0 Å². The van der Waals surface area contributed by atoms with E-state index in [0.29, 0.717) is 50.1 Å². The Morgan fingerprint density at radius 1 is 0.556 bits per heavy atom. The summed E-state index contributed by atoms with van der Waals surface area (Å²) in [6.07, 6.45) is 2.69. The van der Waals surface area contributed by atoms with Crippen LogP contribution < -0.4 is 30.9 Å². The van der Waals surface area contributed by atoms with Gasteiger partial charge in [-0.1, -0.05) is 52.0 Å². The number of alkyl carbamates (subject to hydrolysis) is 2. The van der Waals surface area contributed by atoms with Gasteiger partial charge >= 0.3 is 12.2 Å². The van der Waals surface area contributed by atoms with E-state index in [-0.39, 0.29) is 47.5 Å². The lowest BCUT2D eigenvalue weighted by molar-refractivity contribution is -0.139. The molecule has 3 aromatic carbocycles. The summed E-state index contributed by atoms with van der Waals surface area (Å²) < 4.78 is 14.9. The minimum Gasteiger partial charge on any atom is -0.497 e. The van der Waals surface area contributed by atoms with E-state index < -0.39 is 36.4 Å². The summed E-state index contributed by atoms with van der Waals surface area (Å²) in [6.45, 7) is 8.18. The topological polar surface area (TPSA) is 188 Å². The lowest BCUT2D eigenvalue weighted by atomic mass is 10.0. The van der Waals surface area contributed by atoms with Crippen molar-refractivity contribution in [2.24, 2.45) is 11.8 Å². The molecule has 3 aliphatic heterocycles. The Hall–Kier alpha value is -6.32. The van der Waals surface area contributed by atoms with E-state index in [4.69, 9.17) is 14.2 Å². The quantitative estimate of drug-likeness (QED) is 0.141. The largest absolute Gasteiger partial charge is 0.497 e. The summed E-state index contributed by atoms with van der Waals surface area (Å²) in [6, 6.07) is 20.7. The SMILES string of the molecule is COC(=O)N[C@H](C(=O)N1CCC[C@H]1C(=O)Nc1ccc(C2CCC(c3ccc(NC(=O)[C@@H]4CCCN4C(=O)[C@@H](NC(=O)OC)C(C)C)cc3)N2c2ccc(OC)cc2)cc1)C(C)C. The number of nitrogens with one attached hydrogen (secondary N) is 4. The van der Waals surface area contributed by atoms with Crippen molar-refractivity contribution in [2.75, 3.05) is 50.0 Å². The Kier molecular flexibility index (Phi) is 15.2. The molecule has 3 heterocycles. The first kappa shape index (κ1) is 46.2. The first-order valence-corrected chi connectivity index (χ1v) is 21.8. The van der Waals surface area contributed by atoms with Crippen molar-refractivity contribution >= 4 is 52.9 Å². The van der Waals surface area contributed by atoms with Crippen LogP contribution in [-0.2, 0) is 28.7 Å². The fourth-order valence-corrected chi connectivity index (χ4v) is 8.97. The van der Waals surface area contributed by atoms with Gasteiger partial charge in [-0.2, -0.15) is 0 Å². The number of hydrogen-bond donors (Lipinski definition) is 4. The van der Waals surface area contributed by atoms with E-state index in [1.807, 2.05) is 100 Å². The van der Waals surface area contributed by atoms with Crippen LogP contribution in [0.15, 0.2) is 72.8 Å². The van der Waals surface area contributed by atoms with Crippen LogP contribution in [0.25, 0.3) is 0 Å². The number of carbonyl (C=O) groups is 6. The maximum Gasteiger partial charge on any atom is 0.407 e. The van der Waals surface area contributed by atoms with Crippen molar-refractivity contribution in [3.8, 4) is 5.75 Å². The molecule has 3 fully saturated rings. The summed E-state index contributed by atoms with van der Waals surface area (Å²) in [7, 11) is 4.13. The molecular weight excluding hydrogens is 807 g/mol. The monoisotopic (exact) mass is 867 g/mol. The van der Waals surface area contributed by atoms with E-state index >= 15 is 0 Å². The molecule has 3 aromatic rings. The Bertz CT molecular complexity index is 1970. The molecule has 0 aromatic heterocycles. The number of likely N-dealkylation sites (tertiary alicyclic amines) is 2. The molecule has 338 valence electrons. The van der Waals surface area contributed by atoms with E-state index in [2.05, 4.69) is 26.2 Å². The van der Waals surface area contributed by atoms with E-state index in [1.165, 1.54) is 14.2 Å². The van der Waals surface area contributed by atoms with Gasteiger partial charge in [0.15, 0.2) is 0 Å². The fourth-order valence-electron chi connectivity index (χ4n) is 8.97. The van der Waals surface area contributed by atoms with Crippen LogP contribution in [0, 0.1) is 11.8 Å². The van der Waals surface area contributed by atoms with Crippen LogP contribution in [-0.4, -0.2) is 104 Å². The predicted octanol–water partition coefficient (Wildman–Crippen LogP) is 6.40. The molecule has 0 aliphatic carbocycles. The van der Waals surface area contributed by atoms with Gasteiger partial charge in [0.05, 0.1) is 33.4 Å². The second kappa shape index (κ2) is 20.7. The van der Waals surface area contributed by atoms with Crippen molar-refractivity contribution in [1.29, 1.82) is 0 Å². The lowest BCUT2D eigenvalue weighted by Crippen LogP contribution is -2.54. The van der Waals surface area contributed by atoms with E-state index in [1.54, 1.807) is 16.9 Å². The van der Waals surface area contributed by atoms with Gasteiger partial charge in [-0.25, -0.2) is 9.59 Å². The molecule has 6 atom stereocenters. The third kappa shape index (κ3) is 10.7. The Morgan fingerprint density at radius 3 is 1.30 bits per heavy atom. The number of methoxy groups -OCH3 is 3. The highest BCUT2D eigenvalue weighted by Crippen LogP contribution is 2.47. The van der Waals surface area contributed by atoms with Gasteiger partial charge in [0.1, 0.15) is 29.9 Å². The molecule has 4 N–H and O–H groups in total. The summed E-state index contributed by atoms with van der Waals surface area (Å²) in [5.74, 6) is -0.848. The van der Waals surface area contributed by atoms with Gasteiger partial charge in [0, 0.05) is 30.2 Å². The molecule has 0 saturated carbocycles. The number of hydrogen-bond acceptors (Lipinski definition) is 10. The molecule has 6 amide bonds. The summed E-state index contributed by atoms with van der Waals surface area (Å²) >= 11 is 0. The highest BCUT2D eigenvalue weighted by molar-refractivity contribution is 5.99. The third-order valence-electron chi connectivity index (χ3n) is 12.3. The fraction of sp³-hybridized carbons (Fsp3) is 0.489. The number of nitrogens with zero attached hydrogens (tertiary/aromatic N) is 3. The zero-order valence-corrected chi connectivity index (χ0v) is 37.2. The third-order valence-corrected chi connectivity index (χ3v) is 12.3. The zero-order valence-electron chi connectivity index (χ0n) is 37.2. The second-order valence-electron chi connectivity index (χ2n) is 17.0. The second-order valence-corrected chi connectivity index (χ2v) is 17.0. The van der Waals surface area contributed by atoms with Gasteiger partial charge in [-0.15, -0.1) is 0 Å². The molecule has 16 heteroatoms. The smallest absolute Gasteiger partial charge is 0.407 e. The van der Waals surface area contributed by atoms with Gasteiger partial charge in [0.2, 0.25) is 23.6 Å². The van der Waals surface area contributed by atoms with Crippen LogP contribution in [0.1, 0.15) is 89.4 Å².